The molecule has 0 bridgehead atoms. The Morgan fingerprint density at radius 2 is 1.87 bits per heavy atom. The second kappa shape index (κ2) is 8.44. The quantitative estimate of drug-likeness (QED) is 0.690. The summed E-state index contributed by atoms with van der Waals surface area (Å²) in [5, 5.41) is 1.06. The zero-order valence-corrected chi connectivity index (χ0v) is 19.3. The zero-order valence-electron chi connectivity index (χ0n) is 18.3. The van der Waals surface area contributed by atoms with Crippen LogP contribution in [0.25, 0.3) is 5.31 Å². The van der Waals surface area contributed by atoms with Crippen molar-refractivity contribution < 1.29 is 14.3 Å². The smallest absolute Gasteiger partial charge is 0.252 e. The number of hydrogen-bond donors (Lipinski definition) is 0. The average Bonchev–Trinajstić information content (AvgIpc) is 2.75. The number of carbonyl (C=O) groups excluding carboxylic acids is 1. The standard InChI is InChI=1S/C23H30N3O3P/c1-15-10-18(25-9-8-24(3)16(2)13-25)14-26-22(27)12-21(30-23(15)26)17-6-7-19(28-4)20(11-17)29-5/h6-7,10-12,14,16,23,30H,8-9,13H2,1-5H3/t16-,23?/m1/s1. The Hall–Kier alpha value is -2.30. The molecule has 0 aromatic heterocycles. The second-order valence-electron chi connectivity index (χ2n) is 8.14. The lowest BCUT2D eigenvalue weighted by Crippen LogP contribution is -2.50. The SMILES string of the molecule is COc1ccc(C2=CC(=O)N3C=C(N4CCN(C)[C@H](C)C4)C=C(C)C3P2)cc1OC. The van der Waals surface area contributed by atoms with Gasteiger partial charge in [-0.1, -0.05) is 14.6 Å². The van der Waals surface area contributed by atoms with Gasteiger partial charge in [0, 0.05) is 38.0 Å². The van der Waals surface area contributed by atoms with Gasteiger partial charge in [0.15, 0.2) is 11.5 Å². The molecule has 1 aromatic carbocycles. The monoisotopic (exact) mass is 427 g/mol. The van der Waals surface area contributed by atoms with Gasteiger partial charge in [0.25, 0.3) is 5.91 Å². The number of benzene rings is 1. The van der Waals surface area contributed by atoms with E-state index in [-0.39, 0.29) is 11.7 Å². The molecule has 3 aliphatic heterocycles. The summed E-state index contributed by atoms with van der Waals surface area (Å²) in [6.45, 7) is 7.39. The van der Waals surface area contributed by atoms with Crippen LogP contribution < -0.4 is 9.47 Å². The normalized spacial score (nSPS) is 25.5. The number of methoxy groups -OCH3 is 2. The summed E-state index contributed by atoms with van der Waals surface area (Å²) < 4.78 is 10.8. The third-order valence-electron chi connectivity index (χ3n) is 6.19. The van der Waals surface area contributed by atoms with Gasteiger partial charge in [-0.3, -0.25) is 4.79 Å². The molecule has 7 heteroatoms. The first-order valence-corrected chi connectivity index (χ1v) is 11.4. The highest BCUT2D eigenvalue weighted by atomic mass is 31.1. The van der Waals surface area contributed by atoms with Crippen molar-refractivity contribution in [3.05, 3.63) is 53.4 Å². The van der Waals surface area contributed by atoms with Crippen LogP contribution in [0, 0.1) is 0 Å². The maximum atomic E-state index is 13.1. The van der Waals surface area contributed by atoms with E-state index in [1.807, 2.05) is 29.3 Å². The summed E-state index contributed by atoms with van der Waals surface area (Å²) in [6.07, 6.45) is 6.08. The maximum Gasteiger partial charge on any atom is 0.252 e. The number of nitrogens with zero attached hydrogens (tertiary/aromatic N) is 3. The Balaban J connectivity index is 1.60. The lowest BCUT2D eigenvalue weighted by Gasteiger charge is -2.43. The first-order chi connectivity index (χ1) is 14.4. The summed E-state index contributed by atoms with van der Waals surface area (Å²) in [5.41, 5.74) is 3.39. The van der Waals surface area contributed by atoms with Crippen molar-refractivity contribution in [2.75, 3.05) is 40.9 Å². The fourth-order valence-corrected chi connectivity index (χ4v) is 5.65. The van der Waals surface area contributed by atoms with E-state index in [4.69, 9.17) is 9.47 Å². The number of hydrogen-bond acceptors (Lipinski definition) is 5. The van der Waals surface area contributed by atoms with E-state index in [2.05, 4.69) is 36.8 Å². The Morgan fingerprint density at radius 3 is 2.57 bits per heavy atom. The minimum absolute atomic E-state index is 0.0376. The topological polar surface area (TPSA) is 45.2 Å². The Kier molecular flexibility index (Phi) is 5.90. The van der Waals surface area contributed by atoms with Crippen molar-refractivity contribution in [1.82, 2.24) is 14.7 Å². The summed E-state index contributed by atoms with van der Waals surface area (Å²) in [4.78, 5) is 19.8. The number of rotatable bonds is 4. The molecule has 0 aliphatic carbocycles. The molecule has 1 amide bonds. The van der Waals surface area contributed by atoms with Gasteiger partial charge in [0.1, 0.15) is 0 Å². The Morgan fingerprint density at radius 1 is 1.10 bits per heavy atom. The lowest BCUT2D eigenvalue weighted by molar-refractivity contribution is -0.124. The van der Waals surface area contributed by atoms with Gasteiger partial charge in [0.2, 0.25) is 0 Å². The summed E-state index contributed by atoms with van der Waals surface area (Å²) >= 11 is 0. The van der Waals surface area contributed by atoms with Crippen LogP contribution in [-0.2, 0) is 4.79 Å². The molecular weight excluding hydrogens is 397 g/mol. The first kappa shape index (κ1) is 21.0. The highest BCUT2D eigenvalue weighted by molar-refractivity contribution is 7.51. The number of allylic oxidation sites excluding steroid dienone is 1. The molecule has 1 fully saturated rings. The second-order valence-corrected chi connectivity index (χ2v) is 9.51. The van der Waals surface area contributed by atoms with Crippen LogP contribution in [0.3, 0.4) is 0 Å². The molecule has 0 spiro atoms. The summed E-state index contributed by atoms with van der Waals surface area (Å²) in [6, 6.07) is 6.35. The fourth-order valence-electron chi connectivity index (χ4n) is 4.17. The largest absolute Gasteiger partial charge is 0.493 e. The van der Waals surface area contributed by atoms with E-state index >= 15 is 0 Å². The van der Waals surface area contributed by atoms with Crippen molar-refractivity contribution in [2.24, 2.45) is 0 Å². The third kappa shape index (κ3) is 3.86. The molecule has 1 aromatic rings. The van der Waals surface area contributed by atoms with Gasteiger partial charge in [-0.25, -0.2) is 0 Å². The van der Waals surface area contributed by atoms with Crippen molar-refractivity contribution in [3.63, 3.8) is 0 Å². The van der Waals surface area contributed by atoms with Gasteiger partial charge in [-0.15, -0.1) is 0 Å². The van der Waals surface area contributed by atoms with Gasteiger partial charge in [-0.05, 0) is 55.6 Å². The highest BCUT2D eigenvalue weighted by Gasteiger charge is 2.33. The van der Waals surface area contributed by atoms with Crippen LogP contribution >= 0.6 is 8.58 Å². The molecule has 3 atom stereocenters. The van der Waals surface area contributed by atoms with Crippen LogP contribution in [0.15, 0.2) is 47.8 Å². The number of piperazine rings is 1. The zero-order chi connectivity index (χ0) is 21.4. The van der Waals surface area contributed by atoms with Crippen molar-refractivity contribution in [1.29, 1.82) is 0 Å². The van der Waals surface area contributed by atoms with Crippen LogP contribution in [-0.4, -0.2) is 73.3 Å². The van der Waals surface area contributed by atoms with Crippen molar-refractivity contribution in [3.8, 4) is 11.5 Å². The molecule has 160 valence electrons. The molecule has 6 nitrogen and oxygen atoms in total. The maximum absolute atomic E-state index is 13.1. The lowest BCUT2D eigenvalue weighted by atomic mass is 10.1. The predicted octanol–water partition coefficient (Wildman–Crippen LogP) is 3.33. The molecule has 0 N–H and O–H groups in total. The molecular formula is C23H30N3O3P. The summed E-state index contributed by atoms with van der Waals surface area (Å²) in [5.74, 6) is 1.49. The molecule has 30 heavy (non-hydrogen) atoms. The molecule has 4 rings (SSSR count). The Labute approximate surface area is 180 Å². The molecule has 1 saturated heterocycles. The van der Waals surface area contributed by atoms with Gasteiger partial charge >= 0.3 is 0 Å². The number of carbonyl (C=O) groups is 1. The molecule has 3 aliphatic rings. The van der Waals surface area contributed by atoms with Gasteiger partial charge in [-0.2, -0.15) is 0 Å². The van der Waals surface area contributed by atoms with Crippen LogP contribution in [0.2, 0.25) is 0 Å². The first-order valence-electron chi connectivity index (χ1n) is 10.3. The van der Waals surface area contributed by atoms with E-state index in [0.717, 1.165) is 36.2 Å². The van der Waals surface area contributed by atoms with E-state index in [1.165, 1.54) is 5.57 Å². The van der Waals surface area contributed by atoms with Gasteiger partial charge < -0.3 is 24.2 Å². The number of amides is 1. The Bertz CT molecular complexity index is 940. The average molecular weight is 427 g/mol. The molecule has 0 radical (unpaired) electrons. The molecule has 3 heterocycles. The third-order valence-corrected chi connectivity index (χ3v) is 7.94. The number of ether oxygens (including phenoxy) is 2. The predicted molar refractivity (Wildman–Crippen MR) is 122 cm³/mol. The van der Waals surface area contributed by atoms with Crippen LogP contribution in [0.5, 0.6) is 11.5 Å². The van der Waals surface area contributed by atoms with Crippen LogP contribution in [0.4, 0.5) is 0 Å². The number of fused-ring (bicyclic) bond motifs is 1. The highest BCUT2D eigenvalue weighted by Crippen LogP contribution is 2.48. The number of likely N-dealkylation sites (N-methyl/N-ethyl adjacent to an activating group) is 1. The molecule has 0 saturated carbocycles. The minimum atomic E-state index is 0.0376. The van der Waals surface area contributed by atoms with E-state index in [1.54, 1.807) is 20.3 Å². The van der Waals surface area contributed by atoms with Crippen molar-refractivity contribution in [2.45, 2.75) is 25.7 Å². The van der Waals surface area contributed by atoms with E-state index in [0.29, 0.717) is 26.1 Å². The van der Waals surface area contributed by atoms with E-state index in [9.17, 15) is 4.79 Å². The van der Waals surface area contributed by atoms with Crippen LogP contribution in [0.1, 0.15) is 19.4 Å². The van der Waals surface area contributed by atoms with Gasteiger partial charge in [0.05, 0.1) is 25.7 Å². The molecule has 2 unspecified atom stereocenters. The minimum Gasteiger partial charge on any atom is -0.493 e. The van der Waals surface area contributed by atoms with Crippen molar-refractivity contribution >= 4 is 19.8 Å². The van der Waals surface area contributed by atoms with E-state index < -0.39 is 0 Å². The summed E-state index contributed by atoms with van der Waals surface area (Å²) in [7, 11) is 5.91. The fraction of sp³-hybridized carbons (Fsp3) is 0.435.